The lowest BCUT2D eigenvalue weighted by Gasteiger charge is -2.34. The van der Waals surface area contributed by atoms with E-state index in [1.165, 1.54) is 6.33 Å². The number of imidazole rings is 1. The van der Waals surface area contributed by atoms with Crippen LogP contribution in [0.5, 0.6) is 0 Å². The van der Waals surface area contributed by atoms with E-state index in [-0.39, 0.29) is 42.3 Å². The van der Waals surface area contributed by atoms with Crippen LogP contribution in [0.15, 0.2) is 36.7 Å². The molecule has 128 valence electrons. The Morgan fingerprint density at radius 2 is 2.08 bits per heavy atom. The van der Waals surface area contributed by atoms with E-state index in [2.05, 4.69) is 4.98 Å². The van der Waals surface area contributed by atoms with Crippen LogP contribution in [0.2, 0.25) is 5.15 Å². The van der Waals surface area contributed by atoms with Crippen molar-refractivity contribution in [2.75, 3.05) is 6.61 Å². The summed E-state index contributed by atoms with van der Waals surface area (Å²) in [6.45, 7) is 1.88. The second-order valence-corrected chi connectivity index (χ2v) is 6.46. The van der Waals surface area contributed by atoms with Gasteiger partial charge in [-0.2, -0.15) is 0 Å². The maximum absolute atomic E-state index is 12.8. The quantitative estimate of drug-likeness (QED) is 0.750. The highest BCUT2D eigenvalue weighted by Crippen LogP contribution is 2.42. The summed E-state index contributed by atoms with van der Waals surface area (Å²) in [5, 5.41) is 0.0433. The first-order chi connectivity index (χ1) is 11.4. The number of aromatic nitrogens is 2. The Kier molecular flexibility index (Phi) is 4.58. The Morgan fingerprint density at radius 3 is 2.71 bits per heavy atom. The number of hydrogen-bond acceptors (Lipinski definition) is 3. The van der Waals surface area contributed by atoms with Crippen LogP contribution < -0.4 is 0 Å². The Bertz CT molecular complexity index is 725. The topological polar surface area (TPSA) is 44.1 Å². The van der Waals surface area contributed by atoms with Crippen molar-refractivity contribution in [3.05, 3.63) is 53.1 Å². The predicted molar refractivity (Wildman–Crippen MR) is 85.4 cm³/mol. The van der Waals surface area contributed by atoms with Gasteiger partial charge in [-0.05, 0) is 12.5 Å². The second kappa shape index (κ2) is 6.51. The summed E-state index contributed by atoms with van der Waals surface area (Å²) in [5.74, 6) is -3.57. The third kappa shape index (κ3) is 3.43. The molecule has 1 atom stereocenters. The summed E-state index contributed by atoms with van der Waals surface area (Å²) in [6.07, 6.45) is 0.996. The third-order valence-electron chi connectivity index (χ3n) is 4.27. The zero-order valence-electron chi connectivity index (χ0n) is 13.1. The van der Waals surface area contributed by atoms with Crippen LogP contribution in [0, 0.1) is 5.92 Å². The summed E-state index contributed by atoms with van der Waals surface area (Å²) < 4.78 is 32.5. The number of hydrogen-bond donors (Lipinski definition) is 0. The van der Waals surface area contributed by atoms with Gasteiger partial charge in [-0.15, -0.1) is 0 Å². The molecule has 1 heterocycles. The maximum atomic E-state index is 12.8. The number of alkyl halides is 2. The summed E-state index contributed by atoms with van der Waals surface area (Å²) >= 11 is 6.03. The van der Waals surface area contributed by atoms with Crippen LogP contribution in [-0.2, 0) is 4.74 Å². The molecule has 3 rings (SSSR count). The van der Waals surface area contributed by atoms with E-state index in [9.17, 15) is 13.6 Å². The first-order valence-electron chi connectivity index (χ1n) is 7.69. The first-order valence-corrected chi connectivity index (χ1v) is 8.07. The molecule has 1 aromatic carbocycles. The van der Waals surface area contributed by atoms with E-state index < -0.39 is 11.9 Å². The lowest BCUT2D eigenvalue weighted by Crippen LogP contribution is -2.38. The van der Waals surface area contributed by atoms with Crippen LogP contribution in [0.1, 0.15) is 41.9 Å². The number of carbonyl (C=O) groups is 1. The van der Waals surface area contributed by atoms with Gasteiger partial charge in [-0.1, -0.05) is 41.9 Å². The summed E-state index contributed by atoms with van der Waals surface area (Å²) in [6, 6.07) is 9.41. The maximum Gasteiger partial charge on any atom is 0.358 e. The molecule has 0 amide bonds. The van der Waals surface area contributed by atoms with Gasteiger partial charge >= 0.3 is 5.97 Å². The summed E-state index contributed by atoms with van der Waals surface area (Å²) in [4.78, 5) is 16.3. The number of benzene rings is 1. The largest absolute Gasteiger partial charge is 0.461 e. The minimum Gasteiger partial charge on any atom is -0.461 e. The summed E-state index contributed by atoms with van der Waals surface area (Å²) in [5.41, 5.74) is 1.12. The third-order valence-corrected chi connectivity index (χ3v) is 4.54. The van der Waals surface area contributed by atoms with Crippen molar-refractivity contribution in [2.45, 2.75) is 31.7 Å². The molecule has 0 spiro atoms. The van der Waals surface area contributed by atoms with Gasteiger partial charge < -0.3 is 9.30 Å². The van der Waals surface area contributed by atoms with Crippen LogP contribution in [-0.4, -0.2) is 28.0 Å². The molecule has 0 unspecified atom stereocenters. The molecule has 1 aliphatic rings. The molecule has 7 heteroatoms. The normalized spacial score (nSPS) is 18.0. The molecule has 1 aromatic heterocycles. The molecule has 1 fully saturated rings. The molecule has 4 nitrogen and oxygen atoms in total. The van der Waals surface area contributed by atoms with E-state index in [0.29, 0.717) is 0 Å². The predicted octanol–water partition coefficient (Wildman–Crippen LogP) is 4.35. The molecule has 0 aliphatic heterocycles. The van der Waals surface area contributed by atoms with Crippen LogP contribution >= 0.6 is 11.6 Å². The van der Waals surface area contributed by atoms with Crippen molar-refractivity contribution in [1.82, 2.24) is 9.55 Å². The Morgan fingerprint density at radius 1 is 1.42 bits per heavy atom. The fourth-order valence-corrected chi connectivity index (χ4v) is 3.10. The van der Waals surface area contributed by atoms with Crippen molar-refractivity contribution in [2.24, 2.45) is 5.92 Å². The molecule has 0 saturated heterocycles. The highest BCUT2D eigenvalue weighted by Gasteiger charge is 2.45. The fraction of sp³-hybridized carbons (Fsp3) is 0.412. The van der Waals surface area contributed by atoms with Crippen LogP contribution in [0.4, 0.5) is 8.78 Å². The fourth-order valence-electron chi connectivity index (χ4n) is 2.88. The van der Waals surface area contributed by atoms with Crippen molar-refractivity contribution < 1.29 is 18.3 Å². The summed E-state index contributed by atoms with van der Waals surface area (Å²) in [7, 11) is 0. The minimum absolute atomic E-state index is 0.0321. The van der Waals surface area contributed by atoms with Gasteiger partial charge in [0.1, 0.15) is 0 Å². The zero-order valence-corrected chi connectivity index (χ0v) is 13.8. The number of nitrogens with zero attached hydrogens (tertiary/aromatic N) is 2. The average molecular weight is 355 g/mol. The molecule has 2 aromatic rings. The number of halogens is 3. The Balaban J connectivity index is 1.71. The number of ether oxygens (including phenoxy) is 1. The van der Waals surface area contributed by atoms with Gasteiger partial charge in [0.25, 0.3) is 0 Å². The Labute approximate surface area is 143 Å². The van der Waals surface area contributed by atoms with Crippen molar-refractivity contribution >= 4 is 17.6 Å². The number of rotatable bonds is 5. The molecule has 1 saturated carbocycles. The van der Waals surface area contributed by atoms with Crippen LogP contribution in [0.25, 0.3) is 0 Å². The monoisotopic (exact) mass is 354 g/mol. The minimum atomic E-state index is -2.63. The van der Waals surface area contributed by atoms with Gasteiger partial charge in [0.2, 0.25) is 5.92 Å². The molecule has 0 radical (unpaired) electrons. The first kappa shape index (κ1) is 16.9. The van der Waals surface area contributed by atoms with E-state index in [1.807, 2.05) is 37.3 Å². The standard InChI is InChI=1S/C17H17ClF2N2O2/c1-11(13-5-3-2-4-6-13)22-10-21-15(18)14(22)16(23)24-9-12-7-17(19,20)8-12/h2-6,10-12H,7-9H2,1H3/t11-/m1/s1. The second-order valence-electron chi connectivity index (χ2n) is 6.11. The van der Waals surface area contributed by atoms with Gasteiger partial charge in [-0.3, -0.25) is 0 Å². The van der Waals surface area contributed by atoms with Crippen molar-refractivity contribution in [1.29, 1.82) is 0 Å². The van der Waals surface area contributed by atoms with Gasteiger partial charge in [0.05, 0.1) is 19.0 Å². The van der Waals surface area contributed by atoms with E-state index in [0.717, 1.165) is 5.56 Å². The van der Waals surface area contributed by atoms with E-state index in [1.54, 1.807) is 4.57 Å². The molecular weight excluding hydrogens is 338 g/mol. The average Bonchev–Trinajstić information content (AvgIpc) is 2.92. The van der Waals surface area contributed by atoms with E-state index in [4.69, 9.17) is 16.3 Å². The van der Waals surface area contributed by atoms with Gasteiger partial charge in [-0.25, -0.2) is 18.6 Å². The molecule has 24 heavy (non-hydrogen) atoms. The highest BCUT2D eigenvalue weighted by atomic mass is 35.5. The zero-order chi connectivity index (χ0) is 17.3. The van der Waals surface area contributed by atoms with Crippen LogP contribution in [0.3, 0.4) is 0 Å². The SMILES string of the molecule is C[C@H](c1ccccc1)n1cnc(Cl)c1C(=O)OCC1CC(F)(F)C1. The van der Waals surface area contributed by atoms with E-state index >= 15 is 0 Å². The molecule has 1 aliphatic carbocycles. The molecule has 0 N–H and O–H groups in total. The molecular formula is C17H17ClF2N2O2. The van der Waals surface area contributed by atoms with Gasteiger partial charge in [0, 0.05) is 18.8 Å². The number of carbonyl (C=O) groups excluding carboxylic acids is 1. The molecule has 0 bridgehead atoms. The highest BCUT2D eigenvalue weighted by molar-refractivity contribution is 6.32. The van der Waals surface area contributed by atoms with Crippen molar-refractivity contribution in [3.8, 4) is 0 Å². The Hall–Kier alpha value is -1.95. The number of esters is 1. The smallest absolute Gasteiger partial charge is 0.358 e. The van der Waals surface area contributed by atoms with Crippen molar-refractivity contribution in [3.63, 3.8) is 0 Å². The lowest BCUT2D eigenvalue weighted by atomic mass is 9.82. The lowest BCUT2D eigenvalue weighted by molar-refractivity contribution is -0.122. The van der Waals surface area contributed by atoms with Gasteiger partial charge in [0.15, 0.2) is 10.8 Å².